The summed E-state index contributed by atoms with van der Waals surface area (Å²) in [4.78, 5) is 43.1. The Bertz CT molecular complexity index is 1510. The molecule has 0 saturated heterocycles. The number of carbonyl (C=O) groups excluding carboxylic acids is 2. The number of thiophene rings is 1. The zero-order chi connectivity index (χ0) is 26.0. The van der Waals surface area contributed by atoms with Crippen LogP contribution in [0.4, 0.5) is 24.5 Å². The molecule has 0 aliphatic carbocycles. The quantitative estimate of drug-likeness (QED) is 0.387. The van der Waals surface area contributed by atoms with Crippen LogP contribution in [0, 0.1) is 6.92 Å². The van der Waals surface area contributed by atoms with Gasteiger partial charge in [-0.1, -0.05) is 12.1 Å². The van der Waals surface area contributed by atoms with E-state index in [4.69, 9.17) is 4.74 Å². The molecule has 2 N–H and O–H groups in total. The molecule has 0 radical (unpaired) electrons. The first-order valence-corrected chi connectivity index (χ1v) is 11.3. The lowest BCUT2D eigenvalue weighted by atomic mass is 10.2. The maximum absolute atomic E-state index is 13.1. The highest BCUT2D eigenvalue weighted by Gasteiger charge is 2.30. The third kappa shape index (κ3) is 5.08. The number of nitrogens with zero attached hydrogens (tertiary/aromatic N) is 2. The molecule has 0 aliphatic heterocycles. The van der Waals surface area contributed by atoms with Crippen LogP contribution in [0.3, 0.4) is 0 Å². The molecule has 0 aliphatic rings. The Balaban J connectivity index is 1.55. The van der Waals surface area contributed by atoms with E-state index in [2.05, 4.69) is 15.6 Å². The highest BCUT2D eigenvalue weighted by Crippen LogP contribution is 2.31. The van der Waals surface area contributed by atoms with Crippen molar-refractivity contribution >= 4 is 44.7 Å². The van der Waals surface area contributed by atoms with Gasteiger partial charge in [-0.25, -0.2) is 4.98 Å². The monoisotopic (exact) mass is 516 g/mol. The molecule has 2 aromatic heterocycles. The summed E-state index contributed by atoms with van der Waals surface area (Å²) in [6, 6.07) is 10.8. The first-order chi connectivity index (χ1) is 17.1. The van der Waals surface area contributed by atoms with Crippen molar-refractivity contribution in [3.05, 3.63) is 81.2 Å². The molecule has 0 bridgehead atoms. The molecule has 186 valence electrons. The summed E-state index contributed by atoms with van der Waals surface area (Å²) in [5.74, 6) is -0.602. The summed E-state index contributed by atoms with van der Waals surface area (Å²) in [6.07, 6.45) is -3.26. The van der Waals surface area contributed by atoms with Gasteiger partial charge in [0.2, 0.25) is 5.91 Å². The number of anilines is 2. The molecule has 0 saturated carbocycles. The van der Waals surface area contributed by atoms with Crippen molar-refractivity contribution in [2.45, 2.75) is 19.6 Å². The van der Waals surface area contributed by atoms with Gasteiger partial charge in [-0.2, -0.15) is 13.2 Å². The van der Waals surface area contributed by atoms with Gasteiger partial charge in [-0.15, -0.1) is 11.3 Å². The molecule has 2 amide bonds. The van der Waals surface area contributed by atoms with Crippen LogP contribution in [-0.4, -0.2) is 28.5 Å². The van der Waals surface area contributed by atoms with Gasteiger partial charge in [0, 0.05) is 5.69 Å². The second-order valence-corrected chi connectivity index (χ2v) is 8.69. The molecule has 8 nitrogen and oxygen atoms in total. The molecular weight excluding hydrogens is 497 g/mol. The Kier molecular flexibility index (Phi) is 6.80. The van der Waals surface area contributed by atoms with Crippen molar-refractivity contribution in [1.82, 2.24) is 9.55 Å². The number of aryl methyl sites for hydroxylation is 1. The molecule has 0 spiro atoms. The number of amides is 2. The van der Waals surface area contributed by atoms with Gasteiger partial charge >= 0.3 is 6.18 Å². The summed E-state index contributed by atoms with van der Waals surface area (Å²) >= 11 is 0.974. The van der Waals surface area contributed by atoms with Crippen molar-refractivity contribution < 1.29 is 27.5 Å². The molecule has 0 unspecified atom stereocenters. The van der Waals surface area contributed by atoms with Gasteiger partial charge in [-0.05, 0) is 48.9 Å². The van der Waals surface area contributed by atoms with E-state index in [0.29, 0.717) is 21.8 Å². The molecular formula is C24H19F3N4O4S. The number of benzene rings is 2. The maximum Gasteiger partial charge on any atom is 0.416 e. The van der Waals surface area contributed by atoms with Gasteiger partial charge in [-0.3, -0.25) is 19.0 Å². The van der Waals surface area contributed by atoms with Gasteiger partial charge < -0.3 is 15.4 Å². The van der Waals surface area contributed by atoms with Crippen LogP contribution in [0.15, 0.2) is 59.7 Å². The average molecular weight is 517 g/mol. The van der Waals surface area contributed by atoms with Crippen molar-refractivity contribution in [2.75, 3.05) is 17.7 Å². The number of fused-ring (bicyclic) bond motifs is 1. The third-order valence-corrected chi connectivity index (χ3v) is 6.49. The predicted octanol–water partition coefficient (Wildman–Crippen LogP) is 4.68. The highest BCUT2D eigenvalue weighted by molar-refractivity contribution is 7.20. The topological polar surface area (TPSA) is 102 Å². The van der Waals surface area contributed by atoms with E-state index in [9.17, 15) is 27.6 Å². The third-order valence-electron chi connectivity index (χ3n) is 5.29. The minimum Gasteiger partial charge on any atom is -0.495 e. The molecule has 0 atom stereocenters. The number of ether oxygens (including phenoxy) is 1. The fraction of sp³-hybridized carbons (Fsp3) is 0.167. The highest BCUT2D eigenvalue weighted by atomic mass is 32.1. The minimum atomic E-state index is -4.49. The number of carbonyl (C=O) groups is 2. The van der Waals surface area contributed by atoms with Crippen LogP contribution in [-0.2, 0) is 17.5 Å². The second-order valence-electron chi connectivity index (χ2n) is 7.69. The lowest BCUT2D eigenvalue weighted by molar-refractivity contribution is -0.137. The number of hydrogen-bond acceptors (Lipinski definition) is 6. The van der Waals surface area contributed by atoms with E-state index in [-0.39, 0.29) is 22.5 Å². The summed E-state index contributed by atoms with van der Waals surface area (Å²) in [7, 11) is 1.47. The van der Waals surface area contributed by atoms with Gasteiger partial charge in [0.25, 0.3) is 11.5 Å². The van der Waals surface area contributed by atoms with E-state index in [0.717, 1.165) is 40.2 Å². The van der Waals surface area contributed by atoms with Crippen LogP contribution < -0.4 is 20.9 Å². The first-order valence-electron chi connectivity index (χ1n) is 10.5. The first kappa shape index (κ1) is 24.9. The zero-order valence-corrected chi connectivity index (χ0v) is 19.8. The molecule has 4 aromatic rings. The molecule has 2 aromatic carbocycles. The van der Waals surface area contributed by atoms with Gasteiger partial charge in [0.05, 0.1) is 35.0 Å². The standard InChI is InChI=1S/C24H19F3N4O4S/c1-13-19-22(36-20(13)21(33)29-15-9-7-14(8-10-15)24(25,26)27)28-12-31(23(19)34)11-18(32)30-16-5-3-4-6-17(16)35-2/h3-10,12H,11H2,1-2H3,(H,29,33)(H,30,32). The van der Waals surface area contributed by atoms with Crippen LogP contribution in [0.1, 0.15) is 20.8 Å². The van der Waals surface area contributed by atoms with Crippen LogP contribution in [0.2, 0.25) is 0 Å². The van der Waals surface area contributed by atoms with E-state index in [1.165, 1.54) is 13.4 Å². The summed E-state index contributed by atoms with van der Waals surface area (Å²) in [5.41, 5.74) is -0.365. The summed E-state index contributed by atoms with van der Waals surface area (Å²) in [6.45, 7) is 1.25. The lowest BCUT2D eigenvalue weighted by Gasteiger charge is -2.10. The Morgan fingerprint density at radius 2 is 1.78 bits per heavy atom. The Hall–Kier alpha value is -4.19. The van der Waals surface area contributed by atoms with Crippen molar-refractivity contribution in [2.24, 2.45) is 0 Å². The number of hydrogen-bond donors (Lipinski definition) is 2. The summed E-state index contributed by atoms with van der Waals surface area (Å²) in [5, 5.41) is 5.40. The fourth-order valence-electron chi connectivity index (χ4n) is 3.51. The normalized spacial score (nSPS) is 11.4. The van der Waals surface area contributed by atoms with Gasteiger partial charge in [0.1, 0.15) is 17.1 Å². The smallest absolute Gasteiger partial charge is 0.416 e. The average Bonchev–Trinajstić information content (AvgIpc) is 3.18. The van der Waals surface area contributed by atoms with Crippen LogP contribution >= 0.6 is 11.3 Å². The van der Waals surface area contributed by atoms with Crippen molar-refractivity contribution in [3.8, 4) is 5.75 Å². The van der Waals surface area contributed by atoms with Gasteiger partial charge in [0.15, 0.2) is 0 Å². The van der Waals surface area contributed by atoms with Crippen LogP contribution in [0.5, 0.6) is 5.75 Å². The SMILES string of the molecule is COc1ccccc1NC(=O)Cn1cnc2sc(C(=O)Nc3ccc(C(F)(F)F)cc3)c(C)c2c1=O. The minimum absolute atomic E-state index is 0.170. The molecule has 2 heterocycles. The number of rotatable bonds is 6. The molecule has 36 heavy (non-hydrogen) atoms. The molecule has 12 heteroatoms. The number of alkyl halides is 3. The van der Waals surface area contributed by atoms with Crippen molar-refractivity contribution in [1.29, 1.82) is 0 Å². The van der Waals surface area contributed by atoms with E-state index >= 15 is 0 Å². The maximum atomic E-state index is 13.1. The van der Waals surface area contributed by atoms with E-state index < -0.39 is 29.1 Å². The second kappa shape index (κ2) is 9.82. The number of aromatic nitrogens is 2. The Morgan fingerprint density at radius 1 is 1.08 bits per heavy atom. The van der Waals surface area contributed by atoms with Crippen molar-refractivity contribution in [3.63, 3.8) is 0 Å². The van der Waals surface area contributed by atoms with E-state index in [1.54, 1.807) is 31.2 Å². The molecule has 4 rings (SSSR count). The number of methoxy groups -OCH3 is 1. The van der Waals surface area contributed by atoms with Crippen LogP contribution in [0.25, 0.3) is 10.2 Å². The summed E-state index contributed by atoms with van der Waals surface area (Å²) < 4.78 is 44.6. The number of para-hydroxylation sites is 2. The predicted molar refractivity (Wildman–Crippen MR) is 130 cm³/mol. The lowest BCUT2D eigenvalue weighted by Crippen LogP contribution is -2.28. The number of nitrogens with one attached hydrogen (secondary N) is 2. The Morgan fingerprint density at radius 3 is 2.44 bits per heavy atom. The number of halogens is 3. The van der Waals surface area contributed by atoms with E-state index in [1.807, 2.05) is 0 Å². The zero-order valence-electron chi connectivity index (χ0n) is 19.0. The molecule has 0 fully saturated rings. The fourth-order valence-corrected chi connectivity index (χ4v) is 4.55. The Labute approximate surface area is 206 Å². The largest absolute Gasteiger partial charge is 0.495 e.